The molecule has 1 saturated carbocycles. The minimum Gasteiger partial charge on any atom is -0.369 e. The van der Waals surface area contributed by atoms with Gasteiger partial charge in [-0.15, -0.1) is 0 Å². The number of amides is 2. The Balaban J connectivity index is 1.52. The average Bonchev–Trinajstić information content (AvgIpc) is 3.37. The molecule has 2 N–H and O–H groups in total. The molecule has 5 nitrogen and oxygen atoms in total. The highest BCUT2D eigenvalue weighted by atomic mass is 16.2. The summed E-state index contributed by atoms with van der Waals surface area (Å²) < 4.78 is 0. The first kappa shape index (κ1) is 16.3. The predicted molar refractivity (Wildman–Crippen MR) is 98.4 cm³/mol. The highest BCUT2D eigenvalue weighted by molar-refractivity contribution is 6.07. The topological polar surface area (TPSA) is 66.6 Å². The van der Waals surface area contributed by atoms with E-state index in [2.05, 4.69) is 41.0 Å². The Labute approximate surface area is 154 Å². The molecule has 3 atom stereocenters. The molecule has 1 aromatic rings. The minimum absolute atomic E-state index is 0.00311. The molecule has 5 aliphatic rings. The summed E-state index contributed by atoms with van der Waals surface area (Å²) in [5, 5.41) is 0. The van der Waals surface area contributed by atoms with Crippen LogP contribution in [0.25, 0.3) is 0 Å². The van der Waals surface area contributed by atoms with Crippen molar-refractivity contribution >= 4 is 11.8 Å². The van der Waals surface area contributed by atoms with Gasteiger partial charge in [-0.3, -0.25) is 14.5 Å². The minimum atomic E-state index is -0.904. The molecule has 26 heavy (non-hydrogen) atoms. The Morgan fingerprint density at radius 3 is 2.31 bits per heavy atom. The second kappa shape index (κ2) is 5.56. The smallest absolute Gasteiger partial charge is 0.238 e. The van der Waals surface area contributed by atoms with Crippen LogP contribution in [0, 0.1) is 18.3 Å². The van der Waals surface area contributed by atoms with Crippen molar-refractivity contribution in [1.29, 1.82) is 0 Å². The van der Waals surface area contributed by atoms with Crippen LogP contribution in [-0.4, -0.2) is 53.3 Å². The summed E-state index contributed by atoms with van der Waals surface area (Å²) >= 11 is 0. The van der Waals surface area contributed by atoms with Crippen molar-refractivity contribution in [1.82, 2.24) is 9.80 Å². The van der Waals surface area contributed by atoms with E-state index in [1.165, 1.54) is 11.1 Å². The first-order valence-electron chi connectivity index (χ1n) is 9.93. The van der Waals surface area contributed by atoms with Crippen LogP contribution in [0.5, 0.6) is 0 Å². The number of benzene rings is 1. The summed E-state index contributed by atoms with van der Waals surface area (Å²) in [5.74, 6) is 0.465. The fourth-order valence-electron chi connectivity index (χ4n) is 5.73. The zero-order chi connectivity index (χ0) is 18.1. The van der Waals surface area contributed by atoms with Gasteiger partial charge in [-0.2, -0.15) is 0 Å². The summed E-state index contributed by atoms with van der Waals surface area (Å²) in [6.45, 7) is 5.10. The highest BCUT2D eigenvalue weighted by Gasteiger charge is 2.62. The van der Waals surface area contributed by atoms with Gasteiger partial charge >= 0.3 is 0 Å². The Morgan fingerprint density at radius 1 is 1.08 bits per heavy atom. The molecular formula is C21H27N3O2. The predicted octanol–water partition coefficient (Wildman–Crippen LogP) is 1.65. The van der Waals surface area contributed by atoms with E-state index in [1.807, 2.05) is 0 Å². The first-order valence-corrected chi connectivity index (χ1v) is 9.93. The highest BCUT2D eigenvalue weighted by Crippen LogP contribution is 2.52. The van der Waals surface area contributed by atoms with Gasteiger partial charge in [0, 0.05) is 18.5 Å². The van der Waals surface area contributed by atoms with Crippen LogP contribution in [0.1, 0.15) is 42.7 Å². The van der Waals surface area contributed by atoms with E-state index in [4.69, 9.17) is 5.73 Å². The maximum absolute atomic E-state index is 13.3. The summed E-state index contributed by atoms with van der Waals surface area (Å²) in [7, 11) is 0. The van der Waals surface area contributed by atoms with Gasteiger partial charge < -0.3 is 10.6 Å². The second-order valence-corrected chi connectivity index (χ2v) is 8.78. The SMILES string of the molecule is Cc1ccc([C@H]2CN(C(=O)C3(C(N)=O)CC3)[C@@H]3C4CCN(CC4)[C@H]23)cc1. The van der Waals surface area contributed by atoms with E-state index < -0.39 is 11.3 Å². The molecular weight excluding hydrogens is 326 g/mol. The van der Waals surface area contributed by atoms with Crippen LogP contribution >= 0.6 is 0 Å². The van der Waals surface area contributed by atoms with E-state index in [0.29, 0.717) is 30.7 Å². The number of nitrogens with zero attached hydrogens (tertiary/aromatic N) is 2. The van der Waals surface area contributed by atoms with E-state index in [9.17, 15) is 9.59 Å². The van der Waals surface area contributed by atoms with Crippen molar-refractivity contribution in [2.45, 2.75) is 50.6 Å². The number of fused-ring (bicyclic) bond motifs is 2. The Bertz CT molecular complexity index is 747. The van der Waals surface area contributed by atoms with Crippen molar-refractivity contribution in [3.63, 3.8) is 0 Å². The molecule has 1 aromatic carbocycles. The van der Waals surface area contributed by atoms with E-state index >= 15 is 0 Å². The van der Waals surface area contributed by atoms with Crippen molar-refractivity contribution in [3.05, 3.63) is 35.4 Å². The number of aryl methyl sites for hydroxylation is 1. The fraction of sp³-hybridized carbons (Fsp3) is 0.619. The van der Waals surface area contributed by atoms with Gasteiger partial charge in [0.15, 0.2) is 0 Å². The van der Waals surface area contributed by atoms with Gasteiger partial charge in [0.25, 0.3) is 0 Å². The Kier molecular flexibility index (Phi) is 3.48. The summed E-state index contributed by atoms with van der Waals surface area (Å²) in [6.07, 6.45) is 3.57. The zero-order valence-corrected chi connectivity index (χ0v) is 15.4. The molecule has 6 rings (SSSR count). The normalized spacial score (nSPS) is 36.7. The molecule has 4 aliphatic heterocycles. The maximum Gasteiger partial charge on any atom is 0.238 e. The second-order valence-electron chi connectivity index (χ2n) is 8.78. The monoisotopic (exact) mass is 353 g/mol. The molecule has 0 spiro atoms. The van der Waals surface area contributed by atoms with E-state index in [1.54, 1.807) is 0 Å². The molecule has 138 valence electrons. The molecule has 1 aliphatic carbocycles. The average molecular weight is 353 g/mol. The molecule has 0 radical (unpaired) electrons. The van der Waals surface area contributed by atoms with Crippen LogP contribution < -0.4 is 5.73 Å². The van der Waals surface area contributed by atoms with E-state index in [-0.39, 0.29) is 11.9 Å². The number of primary amides is 1. The van der Waals surface area contributed by atoms with Crippen molar-refractivity contribution < 1.29 is 9.59 Å². The van der Waals surface area contributed by atoms with Gasteiger partial charge in [-0.1, -0.05) is 29.8 Å². The largest absolute Gasteiger partial charge is 0.369 e. The van der Waals surface area contributed by atoms with Crippen molar-refractivity contribution in [2.24, 2.45) is 17.1 Å². The first-order chi connectivity index (χ1) is 12.5. The van der Waals surface area contributed by atoms with Crippen LogP contribution in [0.2, 0.25) is 0 Å². The van der Waals surface area contributed by atoms with Crippen molar-refractivity contribution in [3.8, 4) is 0 Å². The number of carbonyl (C=O) groups excluding carboxylic acids is 2. The lowest BCUT2D eigenvalue weighted by molar-refractivity contribution is -0.146. The van der Waals surface area contributed by atoms with Crippen LogP contribution in [0.15, 0.2) is 24.3 Å². The standard InChI is InChI=1S/C21H27N3O2/c1-13-2-4-14(5-3-13)16-12-24(20(26)21(8-9-21)19(22)25)17-15-6-10-23(11-7-15)18(16)17/h2-5,15-18H,6-12H2,1H3,(H2,22,25)/t16-,17-,18-/m1/s1. The molecule has 2 amide bonds. The number of hydrogen-bond donors (Lipinski definition) is 1. The number of hydrogen-bond acceptors (Lipinski definition) is 3. The lowest BCUT2D eigenvalue weighted by Gasteiger charge is -2.51. The molecule has 5 heteroatoms. The molecule has 5 fully saturated rings. The summed E-state index contributed by atoms with van der Waals surface area (Å²) in [6, 6.07) is 9.39. The third-order valence-corrected chi connectivity index (χ3v) is 7.39. The van der Waals surface area contributed by atoms with Crippen LogP contribution in [-0.2, 0) is 9.59 Å². The molecule has 2 bridgehead atoms. The number of nitrogens with two attached hydrogens (primary N) is 1. The molecule has 4 saturated heterocycles. The van der Waals surface area contributed by atoms with Crippen molar-refractivity contribution in [2.75, 3.05) is 19.6 Å². The lowest BCUT2D eigenvalue weighted by Crippen LogP contribution is -2.61. The van der Waals surface area contributed by atoms with Gasteiger partial charge in [-0.05, 0) is 57.2 Å². The third kappa shape index (κ3) is 2.19. The van der Waals surface area contributed by atoms with Crippen LogP contribution in [0.4, 0.5) is 0 Å². The number of rotatable bonds is 3. The quantitative estimate of drug-likeness (QED) is 0.840. The van der Waals surface area contributed by atoms with Gasteiger partial charge in [-0.25, -0.2) is 0 Å². The fourth-order valence-corrected chi connectivity index (χ4v) is 5.73. The molecule has 0 aromatic heterocycles. The third-order valence-electron chi connectivity index (χ3n) is 7.39. The Hall–Kier alpha value is -1.88. The van der Waals surface area contributed by atoms with Gasteiger partial charge in [0.05, 0.1) is 6.04 Å². The van der Waals surface area contributed by atoms with E-state index in [0.717, 1.165) is 32.5 Å². The van der Waals surface area contributed by atoms with Gasteiger partial charge in [0.2, 0.25) is 11.8 Å². The summed E-state index contributed by atoms with van der Waals surface area (Å²) in [5.41, 5.74) is 7.28. The zero-order valence-electron chi connectivity index (χ0n) is 15.4. The number of piperidine rings is 3. The maximum atomic E-state index is 13.3. The molecule has 0 unspecified atom stereocenters. The number of likely N-dealkylation sites (tertiary alicyclic amines) is 1. The lowest BCUT2D eigenvalue weighted by atomic mass is 9.75. The van der Waals surface area contributed by atoms with Crippen LogP contribution in [0.3, 0.4) is 0 Å². The summed E-state index contributed by atoms with van der Waals surface area (Å²) in [4.78, 5) is 29.9. The van der Waals surface area contributed by atoms with Gasteiger partial charge in [0.1, 0.15) is 5.41 Å². The number of carbonyl (C=O) groups is 2. The Morgan fingerprint density at radius 2 is 1.73 bits per heavy atom. The molecule has 4 heterocycles.